The number of benzene rings is 2. The molecule has 0 N–H and O–H groups in total. The van der Waals surface area contributed by atoms with Crippen LogP contribution in [0.1, 0.15) is 30.9 Å². The monoisotopic (exact) mass is 465 g/mol. The minimum absolute atomic E-state index is 0.309. The summed E-state index contributed by atoms with van der Waals surface area (Å²) in [7, 11) is 0. The summed E-state index contributed by atoms with van der Waals surface area (Å²) in [4.78, 5) is 17.7. The first kappa shape index (κ1) is 23.0. The number of rotatable bonds is 10. The number of aromatic nitrogens is 1. The second-order valence-electron chi connectivity index (χ2n) is 7.50. The molecule has 0 fully saturated rings. The van der Waals surface area contributed by atoms with E-state index in [2.05, 4.69) is 23.2 Å². The lowest BCUT2D eigenvalue weighted by Crippen LogP contribution is -2.28. The fraction of sp³-hybridized carbons (Fsp3) is 0.308. The number of ether oxygens (including phenoxy) is 3. The van der Waals surface area contributed by atoms with Gasteiger partial charge in [-0.05, 0) is 56.0 Å². The van der Waals surface area contributed by atoms with Crippen molar-refractivity contribution in [2.45, 2.75) is 39.9 Å². The molecular formula is C26H27NO5S. The van der Waals surface area contributed by atoms with Gasteiger partial charge in [0.2, 0.25) is 5.89 Å². The van der Waals surface area contributed by atoms with Crippen LogP contribution in [0.5, 0.6) is 5.75 Å². The molecular weight excluding hydrogens is 438 g/mol. The number of nitrogens with zero attached hydrogens (tertiary/aromatic N) is 1. The van der Waals surface area contributed by atoms with E-state index in [-0.39, 0.29) is 5.97 Å². The molecule has 2 aromatic carbocycles. The summed E-state index contributed by atoms with van der Waals surface area (Å²) in [5, 5.41) is 1.18. The molecule has 0 bridgehead atoms. The van der Waals surface area contributed by atoms with Crippen molar-refractivity contribution >= 4 is 27.4 Å². The number of hydrogen-bond acceptors (Lipinski definition) is 7. The van der Waals surface area contributed by atoms with Crippen molar-refractivity contribution in [1.82, 2.24) is 4.98 Å². The second-order valence-corrected chi connectivity index (χ2v) is 8.59. The Labute approximate surface area is 197 Å². The molecule has 0 radical (unpaired) electrons. The van der Waals surface area contributed by atoms with Crippen LogP contribution in [-0.4, -0.2) is 30.3 Å². The highest BCUT2D eigenvalue weighted by Crippen LogP contribution is 2.34. The quantitative estimate of drug-likeness (QED) is 0.269. The van der Waals surface area contributed by atoms with Crippen molar-refractivity contribution < 1.29 is 23.4 Å². The van der Waals surface area contributed by atoms with Gasteiger partial charge >= 0.3 is 5.97 Å². The van der Waals surface area contributed by atoms with E-state index in [0.29, 0.717) is 37.9 Å². The normalized spacial score (nSPS) is 12.1. The highest BCUT2D eigenvalue weighted by Gasteiger charge is 2.20. The van der Waals surface area contributed by atoms with Crippen LogP contribution in [0.3, 0.4) is 0 Å². The number of carbonyl (C=O) groups is 1. The van der Waals surface area contributed by atoms with E-state index in [0.717, 1.165) is 21.9 Å². The maximum Gasteiger partial charge on any atom is 0.335 e. The number of oxazole rings is 1. The molecule has 33 heavy (non-hydrogen) atoms. The van der Waals surface area contributed by atoms with Gasteiger partial charge < -0.3 is 18.6 Å². The van der Waals surface area contributed by atoms with Gasteiger partial charge in [-0.3, -0.25) is 0 Å². The van der Waals surface area contributed by atoms with Crippen molar-refractivity contribution in [2.24, 2.45) is 0 Å². The molecule has 7 heteroatoms. The molecule has 4 aromatic rings. The Bertz CT molecular complexity index is 1180. The van der Waals surface area contributed by atoms with E-state index in [9.17, 15) is 4.79 Å². The standard InChI is InChI=1S/C26H27NO5S/c1-4-29-22(26(28)30-5-2)14-18-10-12-20(13-11-18)31-16-21-17(3)32-25(27-21)24-15-19-8-6-7-9-23(19)33-24/h6-13,15,22H,4-5,14,16H2,1-3H3/t22-/m1/s1. The molecule has 2 heterocycles. The lowest BCUT2D eigenvalue weighted by molar-refractivity contribution is -0.156. The van der Waals surface area contributed by atoms with E-state index in [1.165, 1.54) is 10.1 Å². The van der Waals surface area contributed by atoms with Crippen molar-refractivity contribution in [2.75, 3.05) is 13.2 Å². The number of aryl methyl sites for hydroxylation is 1. The summed E-state index contributed by atoms with van der Waals surface area (Å²) in [6, 6.07) is 18.0. The van der Waals surface area contributed by atoms with E-state index in [1.807, 2.05) is 50.2 Å². The Morgan fingerprint density at radius 1 is 1.09 bits per heavy atom. The molecule has 1 atom stereocenters. The Balaban J connectivity index is 1.39. The summed E-state index contributed by atoms with van der Waals surface area (Å²) in [6.45, 7) is 6.64. The van der Waals surface area contributed by atoms with Crippen molar-refractivity contribution in [3.05, 3.63) is 71.6 Å². The molecule has 172 valence electrons. The maximum atomic E-state index is 12.1. The molecule has 0 spiro atoms. The molecule has 4 rings (SSSR count). The van der Waals surface area contributed by atoms with E-state index in [1.54, 1.807) is 18.3 Å². The lowest BCUT2D eigenvalue weighted by atomic mass is 10.1. The first-order valence-corrected chi connectivity index (χ1v) is 11.8. The van der Waals surface area contributed by atoms with Crippen molar-refractivity contribution in [1.29, 1.82) is 0 Å². The zero-order valence-corrected chi connectivity index (χ0v) is 19.8. The third-order valence-corrected chi connectivity index (χ3v) is 6.27. The molecule has 0 saturated carbocycles. The first-order chi connectivity index (χ1) is 16.1. The van der Waals surface area contributed by atoms with Gasteiger partial charge in [0.25, 0.3) is 0 Å². The lowest BCUT2D eigenvalue weighted by Gasteiger charge is -2.15. The van der Waals surface area contributed by atoms with Crippen LogP contribution in [0, 0.1) is 6.92 Å². The van der Waals surface area contributed by atoms with Crippen molar-refractivity contribution in [3.63, 3.8) is 0 Å². The third-order valence-electron chi connectivity index (χ3n) is 5.17. The Morgan fingerprint density at radius 2 is 1.88 bits per heavy atom. The van der Waals surface area contributed by atoms with Crippen LogP contribution in [0.2, 0.25) is 0 Å². The zero-order valence-electron chi connectivity index (χ0n) is 19.0. The molecule has 0 amide bonds. The zero-order chi connectivity index (χ0) is 23.2. The van der Waals surface area contributed by atoms with Crippen LogP contribution in [0.15, 0.2) is 59.0 Å². The highest BCUT2D eigenvalue weighted by atomic mass is 32.1. The number of hydrogen-bond donors (Lipinski definition) is 0. The summed E-state index contributed by atoms with van der Waals surface area (Å²) in [6.07, 6.45) is -0.153. The fourth-order valence-corrected chi connectivity index (χ4v) is 4.48. The SMILES string of the molecule is CCOC(=O)[C@@H](Cc1ccc(OCc2nc(-c3cc4ccccc4s3)oc2C)cc1)OCC. The Hall–Kier alpha value is -3.16. The Morgan fingerprint density at radius 3 is 2.61 bits per heavy atom. The Kier molecular flexibility index (Phi) is 7.42. The number of fused-ring (bicyclic) bond motifs is 1. The summed E-state index contributed by atoms with van der Waals surface area (Å²) in [5.41, 5.74) is 1.74. The molecule has 0 aliphatic carbocycles. The van der Waals surface area contributed by atoms with Gasteiger partial charge in [-0.25, -0.2) is 9.78 Å². The van der Waals surface area contributed by atoms with Gasteiger partial charge in [-0.1, -0.05) is 30.3 Å². The molecule has 6 nitrogen and oxygen atoms in total. The van der Waals surface area contributed by atoms with E-state index in [4.69, 9.17) is 18.6 Å². The van der Waals surface area contributed by atoms with Gasteiger partial charge in [0.05, 0.1) is 11.5 Å². The molecule has 0 unspecified atom stereocenters. The number of thiophene rings is 1. The van der Waals surface area contributed by atoms with E-state index >= 15 is 0 Å². The van der Waals surface area contributed by atoms with Crippen molar-refractivity contribution in [3.8, 4) is 16.5 Å². The minimum Gasteiger partial charge on any atom is -0.487 e. The minimum atomic E-state index is -0.605. The largest absolute Gasteiger partial charge is 0.487 e. The third kappa shape index (κ3) is 5.61. The van der Waals surface area contributed by atoms with Gasteiger partial charge in [0.1, 0.15) is 23.8 Å². The smallest absolute Gasteiger partial charge is 0.335 e. The predicted octanol–water partition coefficient (Wildman–Crippen LogP) is 5.95. The average molecular weight is 466 g/mol. The molecule has 0 aliphatic heterocycles. The number of carbonyl (C=O) groups excluding carboxylic acids is 1. The van der Waals surface area contributed by atoms with Gasteiger partial charge in [-0.2, -0.15) is 0 Å². The summed E-state index contributed by atoms with van der Waals surface area (Å²) >= 11 is 1.66. The topological polar surface area (TPSA) is 70.8 Å². The maximum absolute atomic E-state index is 12.1. The summed E-state index contributed by atoms with van der Waals surface area (Å²) in [5.74, 6) is 1.74. The first-order valence-electron chi connectivity index (χ1n) is 11.0. The van der Waals surface area contributed by atoms with Crippen LogP contribution in [0.25, 0.3) is 20.9 Å². The van der Waals surface area contributed by atoms with Gasteiger partial charge in [0.15, 0.2) is 6.10 Å². The highest BCUT2D eigenvalue weighted by molar-refractivity contribution is 7.22. The summed E-state index contributed by atoms with van der Waals surface area (Å²) < 4.78 is 23.7. The van der Waals surface area contributed by atoms with Crippen LogP contribution in [0.4, 0.5) is 0 Å². The molecule has 0 saturated heterocycles. The molecule has 0 aliphatic rings. The second kappa shape index (κ2) is 10.6. The van der Waals surface area contributed by atoms with Gasteiger partial charge in [0, 0.05) is 17.7 Å². The van der Waals surface area contributed by atoms with Crippen LogP contribution >= 0.6 is 11.3 Å². The number of esters is 1. The van der Waals surface area contributed by atoms with E-state index < -0.39 is 6.10 Å². The van der Waals surface area contributed by atoms with Crippen LogP contribution < -0.4 is 4.74 Å². The molecule has 2 aromatic heterocycles. The van der Waals surface area contributed by atoms with Crippen LogP contribution in [-0.2, 0) is 27.3 Å². The predicted molar refractivity (Wildman–Crippen MR) is 129 cm³/mol. The average Bonchev–Trinajstić information content (AvgIpc) is 3.42. The fourth-order valence-electron chi connectivity index (χ4n) is 3.49. The van der Waals surface area contributed by atoms with Gasteiger partial charge in [-0.15, -0.1) is 11.3 Å².